The molecule has 1 fully saturated rings. The van der Waals surface area contributed by atoms with Gasteiger partial charge in [-0.25, -0.2) is 4.39 Å². The number of pyridine rings is 1. The van der Waals surface area contributed by atoms with Gasteiger partial charge in [-0.2, -0.15) is 10.5 Å². The molecule has 0 saturated carbocycles. The Morgan fingerprint density at radius 2 is 1.84 bits per heavy atom. The van der Waals surface area contributed by atoms with Crippen LogP contribution in [0.25, 0.3) is 10.9 Å². The average molecular weight is 583 g/mol. The maximum Gasteiger partial charge on any atom is 0.123 e. The molecule has 2 aliphatic heterocycles. The van der Waals surface area contributed by atoms with E-state index in [1.54, 1.807) is 24.3 Å². The predicted octanol–water partition coefficient (Wildman–Crippen LogP) is 5.77. The second-order valence-corrected chi connectivity index (χ2v) is 13.4. The molecule has 3 unspecified atom stereocenters. The number of rotatable bonds is 9. The van der Waals surface area contributed by atoms with Gasteiger partial charge in [-0.15, -0.1) is 5.53 Å². The molecule has 9 nitrogen and oxygen atoms in total. The number of hydrazine groups is 2. The third kappa shape index (κ3) is 6.99. The summed E-state index contributed by atoms with van der Waals surface area (Å²) in [5.74, 6) is -0.404. The van der Waals surface area contributed by atoms with E-state index in [1.165, 1.54) is 18.3 Å². The van der Waals surface area contributed by atoms with Crippen molar-refractivity contribution in [3.05, 3.63) is 77.0 Å². The van der Waals surface area contributed by atoms with Crippen molar-refractivity contribution in [2.75, 3.05) is 30.3 Å². The minimum absolute atomic E-state index is 0.0703. The van der Waals surface area contributed by atoms with E-state index in [1.807, 2.05) is 11.2 Å². The van der Waals surface area contributed by atoms with Crippen molar-refractivity contribution < 1.29 is 5.76 Å². The van der Waals surface area contributed by atoms with Crippen molar-refractivity contribution in [1.29, 1.82) is 10.5 Å². The molecule has 0 spiro atoms. The van der Waals surface area contributed by atoms with Gasteiger partial charge in [-0.05, 0) is 62.4 Å². The number of aromatic nitrogens is 1. The van der Waals surface area contributed by atoms with Gasteiger partial charge in [-0.1, -0.05) is 32.9 Å². The van der Waals surface area contributed by atoms with Gasteiger partial charge in [0, 0.05) is 54.7 Å². The van der Waals surface area contributed by atoms with E-state index in [4.69, 9.17) is 0 Å². The summed E-state index contributed by atoms with van der Waals surface area (Å²) in [6.07, 6.45) is 4.29. The lowest BCUT2D eigenvalue weighted by Crippen LogP contribution is -2.38. The minimum Gasteiger partial charge on any atom is -0.383 e. The molecular weight excluding hydrogens is 541 g/mol. The normalized spacial score (nSPS) is 19.9. The zero-order chi connectivity index (χ0) is 31.9. The van der Waals surface area contributed by atoms with Crippen molar-refractivity contribution in [3.8, 4) is 12.1 Å². The third-order valence-electron chi connectivity index (χ3n) is 7.58. The number of hydrogen-bond donors (Lipinski definition) is 4. The van der Waals surface area contributed by atoms with E-state index >= 15 is 0 Å². The van der Waals surface area contributed by atoms with Crippen LogP contribution in [0.2, 0.25) is 0 Å². The first-order chi connectivity index (χ1) is 20.7. The Morgan fingerprint density at radius 1 is 1.12 bits per heavy atom. The lowest BCUT2D eigenvalue weighted by molar-refractivity contribution is 0.241. The number of anilines is 2. The zero-order valence-electron chi connectivity index (χ0n) is 26.6. The highest BCUT2D eigenvalue weighted by atomic mass is 19.1. The molecule has 2 aliphatic rings. The fourth-order valence-corrected chi connectivity index (χ4v) is 5.28. The molecule has 10 heteroatoms. The summed E-state index contributed by atoms with van der Waals surface area (Å²) in [5, 5.41) is 29.2. The number of hydrogen-bond acceptors (Lipinski definition) is 9. The van der Waals surface area contributed by atoms with E-state index < -0.39 is 11.8 Å². The molecule has 0 bridgehead atoms. The highest BCUT2D eigenvalue weighted by Gasteiger charge is 2.41. The number of nitriles is 2. The quantitative estimate of drug-likeness (QED) is 0.234. The lowest BCUT2D eigenvalue weighted by atomic mass is 9.96. The summed E-state index contributed by atoms with van der Waals surface area (Å²) in [7, 11) is 0. The maximum absolute atomic E-state index is 14.0. The van der Waals surface area contributed by atoms with E-state index in [9.17, 15) is 16.3 Å². The second-order valence-electron chi connectivity index (χ2n) is 13.4. The van der Waals surface area contributed by atoms with E-state index in [-0.39, 0.29) is 11.0 Å². The molecule has 43 heavy (non-hydrogen) atoms. The van der Waals surface area contributed by atoms with Gasteiger partial charge in [0.1, 0.15) is 18.0 Å². The summed E-state index contributed by atoms with van der Waals surface area (Å²) >= 11 is 0. The average Bonchev–Trinajstić information content (AvgIpc) is 3.61. The Kier molecular flexibility index (Phi) is 7.83. The van der Waals surface area contributed by atoms with Crippen LogP contribution in [0.15, 0.2) is 54.5 Å². The molecule has 2 aromatic carbocycles. The minimum atomic E-state index is -1.59. The van der Waals surface area contributed by atoms with E-state index in [0.717, 1.165) is 19.5 Å². The van der Waals surface area contributed by atoms with Gasteiger partial charge in [0.05, 0.1) is 35.4 Å². The summed E-state index contributed by atoms with van der Waals surface area (Å²) in [4.78, 5) is 6.89. The van der Waals surface area contributed by atoms with Crippen LogP contribution in [0.4, 0.5) is 15.8 Å². The Hall–Kier alpha value is -4.38. The van der Waals surface area contributed by atoms with Gasteiger partial charge in [0.15, 0.2) is 0 Å². The second kappa shape index (κ2) is 11.7. The number of nitrogens with one attached hydrogen (secondary N) is 4. The Bertz CT molecular complexity index is 1660. The first-order valence-electron chi connectivity index (χ1n) is 15.0. The lowest BCUT2D eigenvalue weighted by Gasteiger charge is -2.23. The standard InChI is InChI=1S/C33H40FN9/c1-32(2,3)20-38-30-23(16-36)17-37-29-22(15-35)13-25(14-27(29)30)39-31(21-7-9-24(34)10-8-21)28-19-42(41-40-28)12-11-26-18-43(26)33(4,5)6/h7-10,13-14,17,19,26,31,39-41H,11-12,18,20H2,1-6H3,(H,37,38)/i31D. The fraction of sp³-hybridized carbons (Fsp3) is 0.424. The number of benzene rings is 2. The Labute approximate surface area is 254 Å². The highest BCUT2D eigenvalue weighted by molar-refractivity contribution is 5.99. The monoisotopic (exact) mass is 582 g/mol. The molecule has 3 atom stereocenters. The van der Waals surface area contributed by atoms with Crippen molar-refractivity contribution in [2.24, 2.45) is 5.41 Å². The van der Waals surface area contributed by atoms with E-state index in [0.29, 0.717) is 57.3 Å². The zero-order valence-corrected chi connectivity index (χ0v) is 25.6. The van der Waals surface area contributed by atoms with Crippen LogP contribution in [0.3, 0.4) is 0 Å². The molecule has 3 heterocycles. The van der Waals surface area contributed by atoms with Crippen LogP contribution in [0, 0.1) is 33.9 Å². The van der Waals surface area contributed by atoms with Gasteiger partial charge < -0.3 is 16.1 Å². The smallest absolute Gasteiger partial charge is 0.123 e. The first-order valence-corrected chi connectivity index (χ1v) is 14.5. The fourth-order valence-electron chi connectivity index (χ4n) is 5.28. The summed E-state index contributed by atoms with van der Waals surface area (Å²) in [5.41, 5.74) is 9.54. The number of fused-ring (bicyclic) bond motifs is 1. The van der Waals surface area contributed by atoms with Crippen LogP contribution < -0.4 is 21.6 Å². The molecular formula is C33H40FN9. The van der Waals surface area contributed by atoms with Crippen molar-refractivity contribution in [2.45, 2.75) is 65.6 Å². The Morgan fingerprint density at radius 3 is 2.47 bits per heavy atom. The summed E-state index contributed by atoms with van der Waals surface area (Å²) in [6, 6.07) is 12.6. The molecule has 4 N–H and O–H groups in total. The molecule has 5 rings (SSSR count). The van der Waals surface area contributed by atoms with Crippen molar-refractivity contribution >= 4 is 22.3 Å². The van der Waals surface area contributed by atoms with E-state index in [2.05, 4.69) is 85.2 Å². The first kappa shape index (κ1) is 28.7. The SMILES string of the molecule is [2H]C(Nc1cc(C#N)c2ncc(C#N)c(NCC(C)(C)C)c2c1)(C1=CN(CCC2CN2C(C)(C)C)NN1)c1ccc(F)cc1. The topological polar surface area (TPSA) is 115 Å². The molecule has 0 radical (unpaired) electrons. The highest BCUT2D eigenvalue weighted by Crippen LogP contribution is 2.35. The summed E-state index contributed by atoms with van der Waals surface area (Å²) < 4.78 is 23.7. The molecule has 0 amide bonds. The molecule has 0 aliphatic carbocycles. The van der Waals surface area contributed by atoms with Gasteiger partial charge >= 0.3 is 0 Å². The largest absolute Gasteiger partial charge is 0.383 e. The van der Waals surface area contributed by atoms with Crippen molar-refractivity contribution in [3.63, 3.8) is 0 Å². The molecule has 224 valence electrons. The van der Waals surface area contributed by atoms with Gasteiger partial charge in [0.25, 0.3) is 0 Å². The van der Waals surface area contributed by atoms with Crippen LogP contribution in [0.5, 0.6) is 0 Å². The number of halogens is 1. The molecule has 1 saturated heterocycles. The predicted molar refractivity (Wildman–Crippen MR) is 168 cm³/mol. The Balaban J connectivity index is 1.51. The van der Waals surface area contributed by atoms with Crippen LogP contribution in [0.1, 0.15) is 72.0 Å². The maximum atomic E-state index is 14.0. The van der Waals surface area contributed by atoms with Gasteiger partial charge in [-0.3, -0.25) is 14.9 Å². The molecule has 1 aromatic heterocycles. The van der Waals surface area contributed by atoms with Crippen LogP contribution in [-0.4, -0.2) is 46.1 Å². The van der Waals surface area contributed by atoms with Gasteiger partial charge in [0.2, 0.25) is 0 Å². The summed E-state index contributed by atoms with van der Waals surface area (Å²) in [6.45, 7) is 15.3. The van der Waals surface area contributed by atoms with Crippen LogP contribution >= 0.6 is 0 Å². The molecule has 3 aromatic rings. The third-order valence-corrected chi connectivity index (χ3v) is 7.58. The van der Waals surface area contributed by atoms with Crippen LogP contribution in [-0.2, 0) is 0 Å². The van der Waals surface area contributed by atoms with Crippen molar-refractivity contribution in [1.82, 2.24) is 25.9 Å². The number of nitrogens with zero attached hydrogens (tertiary/aromatic N) is 5.